The molecule has 0 amide bonds. The van der Waals surface area contributed by atoms with Gasteiger partial charge < -0.3 is 34.8 Å². The van der Waals surface area contributed by atoms with Crippen molar-refractivity contribution in [3.63, 3.8) is 0 Å². The molecule has 3 aliphatic heterocycles. The Morgan fingerprint density at radius 1 is 0.978 bits per heavy atom. The van der Waals surface area contributed by atoms with Crippen LogP contribution in [0.1, 0.15) is 12.5 Å². The number of hydrogen-bond acceptors (Lipinski definition) is 15. The zero-order valence-corrected chi connectivity index (χ0v) is 28.5. The van der Waals surface area contributed by atoms with Gasteiger partial charge in [0.25, 0.3) is 0 Å². The highest BCUT2D eigenvalue weighted by Crippen LogP contribution is 2.58. The summed E-state index contributed by atoms with van der Waals surface area (Å²) in [6.45, 7) is -9.63. The Morgan fingerprint density at radius 2 is 1.70 bits per heavy atom. The number of aromatic nitrogens is 6. The van der Waals surface area contributed by atoms with E-state index in [9.17, 15) is 19.7 Å². The van der Waals surface area contributed by atoms with Gasteiger partial charge in [-0.15, -0.1) is 0 Å². The van der Waals surface area contributed by atoms with E-state index in [4.69, 9.17) is 79.9 Å². The molecule has 1 aromatic carbocycles. The number of thiol groups is 1. The number of nitrogen functional groups attached to an aromatic ring is 1. The third-order valence-electron chi connectivity index (χ3n) is 7.54. The van der Waals surface area contributed by atoms with E-state index in [0.29, 0.717) is 11.0 Å². The first kappa shape index (κ1) is 33.3. The fourth-order valence-electron chi connectivity index (χ4n) is 5.45. The van der Waals surface area contributed by atoms with Gasteiger partial charge in [-0.1, -0.05) is 35.5 Å². The maximum absolute atomic E-state index is 13.5. The molecule has 3 fully saturated rings. The molecule has 17 nitrogen and oxygen atoms in total. The van der Waals surface area contributed by atoms with E-state index in [1.807, 2.05) is 0 Å². The highest BCUT2D eigenvalue weighted by atomic mass is 35.5. The summed E-state index contributed by atoms with van der Waals surface area (Å²) in [5, 5.41) is 22.8. The summed E-state index contributed by atoms with van der Waals surface area (Å²) in [6, 6.07) is 2.97. The van der Waals surface area contributed by atoms with E-state index in [-0.39, 0.29) is 32.3 Å². The van der Waals surface area contributed by atoms with Gasteiger partial charge in [-0.2, -0.15) is 0 Å². The van der Waals surface area contributed by atoms with E-state index in [1.54, 1.807) is 0 Å². The topological polar surface area (TPSA) is 221 Å². The summed E-state index contributed by atoms with van der Waals surface area (Å²) in [5.41, 5.74) is 7.07. The lowest BCUT2D eigenvalue weighted by Crippen LogP contribution is -2.36. The van der Waals surface area contributed by atoms with Crippen molar-refractivity contribution in [2.45, 2.75) is 49.1 Å². The van der Waals surface area contributed by atoms with Crippen molar-refractivity contribution in [3.8, 4) is 0 Å². The van der Waals surface area contributed by atoms with Crippen LogP contribution >= 0.6 is 60.6 Å². The predicted molar refractivity (Wildman–Crippen MR) is 169 cm³/mol. The number of hydrogen-bond donors (Lipinski definition) is 5. The van der Waals surface area contributed by atoms with Gasteiger partial charge in [0.05, 0.1) is 40.6 Å². The molecular formula is C22H22Cl3N7O10P2S2. The molecule has 0 radical (unpaired) electrons. The minimum Gasteiger partial charge on any atom is -0.387 e. The van der Waals surface area contributed by atoms with Crippen molar-refractivity contribution in [1.82, 2.24) is 29.1 Å². The first-order valence-corrected chi connectivity index (χ1v) is 19.6. The van der Waals surface area contributed by atoms with Crippen LogP contribution in [0.4, 0.5) is 5.82 Å². The molecule has 2 bridgehead atoms. The van der Waals surface area contributed by atoms with Crippen molar-refractivity contribution < 1.29 is 47.2 Å². The molecule has 0 aliphatic carbocycles. The maximum atomic E-state index is 13.5. The molecule has 10 atom stereocenters. The van der Waals surface area contributed by atoms with Gasteiger partial charge in [-0.3, -0.25) is 22.7 Å². The van der Waals surface area contributed by atoms with Crippen molar-refractivity contribution in [1.29, 1.82) is 0 Å². The van der Waals surface area contributed by atoms with Crippen LogP contribution in [0.3, 0.4) is 0 Å². The van der Waals surface area contributed by atoms with E-state index in [0.717, 1.165) is 0 Å². The first-order valence-electron chi connectivity index (χ1n) is 13.2. The Morgan fingerprint density at radius 3 is 2.48 bits per heavy atom. The highest BCUT2D eigenvalue weighted by molar-refractivity contribution is 8.44. The normalized spacial score (nSPS) is 37.2. The molecule has 4 aromatic rings. The second kappa shape index (κ2) is 12.3. The SMILES string of the molecule is Nc1ncnc2c1ncn2[C@@H]1O[C@@H]2COP(O)(=S)OC3C(O)[C@@H](COP(=O)(S)OC2C1O)O[C@H]3n1c(Cl)nc2cc(Cl)c(Cl)cc21. The summed E-state index contributed by atoms with van der Waals surface area (Å²) in [4.78, 5) is 27.7. The number of rotatable bonds is 2. The molecule has 0 spiro atoms. The second-order valence-corrected chi connectivity index (χ2v) is 17.2. The van der Waals surface area contributed by atoms with Crippen LogP contribution in [0.25, 0.3) is 22.2 Å². The standard InChI is InChI=1S/C22H22Cl3N7O10P2S2/c23-7-1-9-10(2-8(7)24)32(22(25)30-9)21-17-14(33)11(39-21)3-37-43(35,45)41-16-12(4-38-44(36,46)42-17)40-20(15(16)34)31-6-29-13-18(26)27-5-28-19(13)31/h1-2,5-6,11-12,14-17,20-21,33-34H,3-4H2,(H,35,45)(H,36,46)(H2,26,27,28)/t11-,12-,14?,15?,16?,17?,20-,21-,43?,44?/m1/s1. The number of fused-ring (bicyclic) bond motifs is 5. The monoisotopic (exact) mass is 775 g/mol. The zero-order valence-electron chi connectivity index (χ0n) is 22.7. The lowest BCUT2D eigenvalue weighted by molar-refractivity contribution is -0.0592. The largest absolute Gasteiger partial charge is 0.387 e. The summed E-state index contributed by atoms with van der Waals surface area (Å²) in [5.74, 6) is 0.0963. The van der Waals surface area contributed by atoms with Gasteiger partial charge in [0.2, 0.25) is 5.28 Å². The molecular weight excluding hydrogens is 755 g/mol. The van der Waals surface area contributed by atoms with Gasteiger partial charge in [0, 0.05) is 0 Å². The molecule has 46 heavy (non-hydrogen) atoms. The maximum Gasteiger partial charge on any atom is 0.386 e. The smallest absolute Gasteiger partial charge is 0.386 e. The van der Waals surface area contributed by atoms with Crippen molar-refractivity contribution >= 4 is 100 Å². The molecule has 7 rings (SSSR count). The molecule has 6 heterocycles. The quantitative estimate of drug-likeness (QED) is 0.146. The van der Waals surface area contributed by atoms with Crippen LogP contribution in [0, 0.1) is 0 Å². The summed E-state index contributed by atoms with van der Waals surface area (Å²) < 4.78 is 50.9. The van der Waals surface area contributed by atoms with Crippen LogP contribution in [-0.2, 0) is 43.9 Å². The Hall–Kier alpha value is -1.22. The number of ether oxygens (including phenoxy) is 2. The van der Waals surface area contributed by atoms with Crippen LogP contribution in [0.5, 0.6) is 0 Å². The summed E-state index contributed by atoms with van der Waals surface area (Å²) >= 11 is 28.2. The summed E-state index contributed by atoms with van der Waals surface area (Å²) in [6.07, 6.45) is -8.29. The summed E-state index contributed by atoms with van der Waals surface area (Å²) in [7, 11) is 0. The third-order valence-corrected chi connectivity index (χ3v) is 11.7. The van der Waals surface area contributed by atoms with Crippen LogP contribution in [0.15, 0.2) is 24.8 Å². The number of halogens is 3. The van der Waals surface area contributed by atoms with E-state index in [1.165, 1.54) is 33.9 Å². The third kappa shape index (κ3) is 5.98. The average Bonchev–Trinajstić information content (AvgIpc) is 3.71. The van der Waals surface area contributed by atoms with Gasteiger partial charge in [0.15, 0.2) is 23.9 Å². The lowest BCUT2D eigenvalue weighted by atomic mass is 10.1. The number of nitrogens with zero attached hydrogens (tertiary/aromatic N) is 6. The molecule has 3 aromatic heterocycles. The van der Waals surface area contributed by atoms with Gasteiger partial charge in [-0.25, -0.2) is 24.5 Å². The van der Waals surface area contributed by atoms with Crippen molar-refractivity contribution in [2.75, 3.05) is 18.9 Å². The average molecular weight is 777 g/mol. The van der Waals surface area contributed by atoms with E-state index in [2.05, 4.69) is 32.2 Å². The predicted octanol–water partition coefficient (Wildman–Crippen LogP) is 3.01. The Balaban J connectivity index is 1.21. The molecule has 248 valence electrons. The van der Waals surface area contributed by atoms with Crippen molar-refractivity contribution in [2.24, 2.45) is 0 Å². The van der Waals surface area contributed by atoms with Gasteiger partial charge in [0.1, 0.15) is 48.5 Å². The van der Waals surface area contributed by atoms with Crippen LogP contribution in [0.2, 0.25) is 15.3 Å². The lowest BCUT2D eigenvalue weighted by Gasteiger charge is -2.28. The van der Waals surface area contributed by atoms with E-state index < -0.39 is 75.8 Å². The Labute approximate surface area is 283 Å². The Bertz CT molecular complexity index is 1940. The molecule has 3 saturated heterocycles. The minimum atomic E-state index is -4.31. The minimum absolute atomic E-state index is 0.0963. The van der Waals surface area contributed by atoms with Crippen LogP contribution < -0.4 is 5.73 Å². The molecule has 3 aliphatic rings. The Kier molecular flexibility index (Phi) is 8.88. The molecule has 24 heteroatoms. The number of aliphatic hydroxyl groups excluding tert-OH is 2. The molecule has 6 unspecified atom stereocenters. The van der Waals surface area contributed by atoms with Gasteiger partial charge >= 0.3 is 13.5 Å². The number of imidazole rings is 2. The fraction of sp³-hybridized carbons (Fsp3) is 0.455. The van der Waals surface area contributed by atoms with E-state index >= 15 is 0 Å². The second-order valence-electron chi connectivity index (χ2n) is 10.4. The molecule has 0 saturated carbocycles. The number of aliphatic hydroxyl groups is 2. The number of nitrogens with two attached hydrogens (primary N) is 1. The van der Waals surface area contributed by atoms with Crippen molar-refractivity contribution in [3.05, 3.63) is 40.1 Å². The van der Waals surface area contributed by atoms with Gasteiger partial charge in [-0.05, 0) is 35.5 Å². The number of anilines is 1. The molecule has 5 N–H and O–H groups in total. The fourth-order valence-corrected chi connectivity index (χ4v) is 8.95. The highest BCUT2D eigenvalue weighted by Gasteiger charge is 2.53. The number of benzene rings is 1. The van der Waals surface area contributed by atoms with Crippen LogP contribution in [-0.4, -0.2) is 94.0 Å². The zero-order chi connectivity index (χ0) is 32.7. The first-order chi connectivity index (χ1) is 21.7.